The van der Waals surface area contributed by atoms with Gasteiger partial charge in [-0.25, -0.2) is 8.42 Å². The van der Waals surface area contributed by atoms with Crippen molar-refractivity contribution in [2.45, 2.75) is 32.1 Å². The molecule has 0 bridgehead atoms. The maximum absolute atomic E-state index is 12.5. The van der Waals surface area contributed by atoms with Crippen LogP contribution in [0, 0.1) is 5.92 Å². The molecule has 1 aliphatic heterocycles. The van der Waals surface area contributed by atoms with Crippen LogP contribution >= 0.6 is 11.5 Å². The summed E-state index contributed by atoms with van der Waals surface area (Å²) in [5, 5.41) is 2.47. The second-order valence-corrected chi connectivity index (χ2v) is 8.80. The summed E-state index contributed by atoms with van der Waals surface area (Å²) in [4.78, 5) is 17.2. The molecule has 0 aromatic carbocycles. The number of alkyl halides is 3. The molecular formula is C12H17F3N4O3S2. The fourth-order valence-corrected chi connectivity index (χ4v) is 4.87. The number of hydrogen-bond donors (Lipinski definition) is 1. The highest BCUT2D eigenvalue weighted by Crippen LogP contribution is 2.31. The van der Waals surface area contributed by atoms with Gasteiger partial charge in [0, 0.05) is 24.6 Å². The quantitative estimate of drug-likeness (QED) is 0.837. The summed E-state index contributed by atoms with van der Waals surface area (Å²) >= 11 is 0.480. The van der Waals surface area contributed by atoms with Crippen molar-refractivity contribution in [1.29, 1.82) is 0 Å². The minimum atomic E-state index is -4.68. The molecule has 7 nitrogen and oxygen atoms in total. The van der Waals surface area contributed by atoms with Gasteiger partial charge in [0.25, 0.3) is 0 Å². The van der Waals surface area contributed by atoms with Crippen LogP contribution in [0.15, 0.2) is 0 Å². The monoisotopic (exact) mass is 386 g/mol. The largest absolute Gasteiger partial charge is 0.452 e. The van der Waals surface area contributed by atoms with Crippen LogP contribution in [0.2, 0.25) is 0 Å². The number of nitrogens with one attached hydrogen (secondary N) is 1. The topological polar surface area (TPSA) is 92.3 Å². The number of nitrogens with zero attached hydrogens (tertiary/aromatic N) is 3. The molecule has 1 fully saturated rings. The van der Waals surface area contributed by atoms with E-state index in [-0.39, 0.29) is 28.6 Å². The predicted octanol–water partition coefficient (Wildman–Crippen LogP) is 1.25. The summed E-state index contributed by atoms with van der Waals surface area (Å²) in [6.07, 6.45) is -4.68. The van der Waals surface area contributed by atoms with E-state index in [9.17, 15) is 26.4 Å². The summed E-state index contributed by atoms with van der Waals surface area (Å²) in [6.45, 7) is 3.56. The predicted molar refractivity (Wildman–Crippen MR) is 82.4 cm³/mol. The molecule has 1 N–H and O–H groups in total. The molecule has 12 heteroatoms. The van der Waals surface area contributed by atoms with Crippen LogP contribution in [0.25, 0.3) is 0 Å². The zero-order valence-electron chi connectivity index (χ0n) is 13.2. The third-order valence-electron chi connectivity index (χ3n) is 3.78. The van der Waals surface area contributed by atoms with Crippen molar-refractivity contribution in [3.63, 3.8) is 0 Å². The van der Waals surface area contributed by atoms with E-state index in [4.69, 9.17) is 0 Å². The summed E-state index contributed by atoms with van der Waals surface area (Å²) in [7, 11) is -1.91. The van der Waals surface area contributed by atoms with Gasteiger partial charge in [0.1, 0.15) is 0 Å². The first kappa shape index (κ1) is 18.9. The second kappa shape index (κ2) is 6.47. The number of rotatable bonds is 4. The maximum Gasteiger partial charge on any atom is 0.452 e. The van der Waals surface area contributed by atoms with Crippen molar-refractivity contribution < 1.29 is 26.4 Å². The van der Waals surface area contributed by atoms with E-state index < -0.39 is 33.8 Å². The number of aromatic nitrogens is 2. The Hall–Kier alpha value is -1.43. The Bertz CT molecular complexity index is 717. The Labute approximate surface area is 141 Å². The maximum atomic E-state index is 12.5. The fraction of sp³-hybridized carbons (Fsp3) is 0.750. The molecule has 1 aromatic rings. The van der Waals surface area contributed by atoms with Gasteiger partial charge >= 0.3 is 6.18 Å². The molecule has 0 aliphatic carbocycles. The van der Waals surface area contributed by atoms with Gasteiger partial charge in [-0.2, -0.15) is 22.5 Å². The average molecular weight is 386 g/mol. The molecule has 2 heterocycles. The van der Waals surface area contributed by atoms with Crippen molar-refractivity contribution in [3.8, 4) is 0 Å². The summed E-state index contributed by atoms with van der Waals surface area (Å²) in [5.74, 6) is -3.22. The smallest absolute Gasteiger partial charge is 0.356 e. The van der Waals surface area contributed by atoms with E-state index in [0.717, 1.165) is 0 Å². The van der Waals surface area contributed by atoms with Gasteiger partial charge in [0.2, 0.25) is 16.9 Å². The van der Waals surface area contributed by atoms with Crippen LogP contribution in [0.4, 0.5) is 18.3 Å². The van der Waals surface area contributed by atoms with Gasteiger partial charge in [-0.05, 0) is 13.8 Å². The first-order chi connectivity index (χ1) is 10.9. The highest BCUT2D eigenvalue weighted by atomic mass is 32.2. The molecule has 0 unspecified atom stereocenters. The Kier molecular flexibility index (Phi) is 5.09. The normalized spacial score (nSPS) is 23.5. The number of halogens is 3. The van der Waals surface area contributed by atoms with Crippen molar-refractivity contribution >= 4 is 32.4 Å². The Morgan fingerprint density at radius 3 is 2.50 bits per heavy atom. The summed E-state index contributed by atoms with van der Waals surface area (Å²) in [5.41, 5.74) is 0. The molecule has 0 spiro atoms. The van der Waals surface area contributed by atoms with E-state index in [2.05, 4.69) is 14.7 Å². The lowest BCUT2D eigenvalue weighted by atomic mass is 10.0. The molecule has 136 valence electrons. The molecule has 1 amide bonds. The van der Waals surface area contributed by atoms with E-state index in [0.29, 0.717) is 11.5 Å². The number of anilines is 1. The Morgan fingerprint density at radius 2 is 2.00 bits per heavy atom. The van der Waals surface area contributed by atoms with Gasteiger partial charge in [-0.3, -0.25) is 4.79 Å². The van der Waals surface area contributed by atoms with Gasteiger partial charge in [0.15, 0.2) is 9.84 Å². The lowest BCUT2D eigenvalue weighted by Crippen LogP contribution is -2.44. The molecule has 0 saturated carbocycles. The highest BCUT2D eigenvalue weighted by Gasteiger charge is 2.44. The van der Waals surface area contributed by atoms with E-state index >= 15 is 0 Å². The zero-order chi connectivity index (χ0) is 18.3. The summed E-state index contributed by atoms with van der Waals surface area (Å²) < 4.78 is 64.6. The summed E-state index contributed by atoms with van der Waals surface area (Å²) in [6, 6.07) is -0.961. The van der Waals surface area contributed by atoms with Gasteiger partial charge in [0.05, 0.1) is 23.5 Å². The average Bonchev–Trinajstić information content (AvgIpc) is 3.01. The number of hydrogen-bond acceptors (Lipinski definition) is 7. The van der Waals surface area contributed by atoms with Crippen molar-refractivity contribution in [1.82, 2.24) is 14.3 Å². The van der Waals surface area contributed by atoms with Crippen LogP contribution in [-0.2, 0) is 20.8 Å². The SMILES string of the molecule is CC(C)N(C)C(=O)[C@@H]1CS(=O)(=O)C[C@H]1Nc1nc(C(F)(F)F)ns1. The van der Waals surface area contributed by atoms with Crippen LogP contribution in [0.1, 0.15) is 19.7 Å². The Balaban J connectivity index is 2.20. The molecule has 2 rings (SSSR count). The van der Waals surface area contributed by atoms with Crippen LogP contribution in [0.5, 0.6) is 0 Å². The van der Waals surface area contributed by atoms with Crippen molar-refractivity contribution in [3.05, 3.63) is 5.82 Å². The van der Waals surface area contributed by atoms with E-state index in [1.165, 1.54) is 4.90 Å². The molecule has 1 aromatic heterocycles. The molecule has 1 aliphatic rings. The van der Waals surface area contributed by atoms with E-state index in [1.54, 1.807) is 20.9 Å². The van der Waals surface area contributed by atoms with Crippen LogP contribution in [0.3, 0.4) is 0 Å². The van der Waals surface area contributed by atoms with Crippen molar-refractivity contribution in [2.24, 2.45) is 5.92 Å². The molecule has 2 atom stereocenters. The zero-order valence-corrected chi connectivity index (χ0v) is 14.8. The number of carbonyl (C=O) groups is 1. The standard InChI is InChI=1S/C12H17F3N4O3S2/c1-6(2)19(3)9(20)7-4-24(21,22)5-8(7)16-11-17-10(18-23-11)12(13,14)15/h6-8H,4-5H2,1-3H3,(H,16,17,18)/t7-,8-/m1/s1. The fourth-order valence-electron chi connectivity index (χ4n) is 2.31. The highest BCUT2D eigenvalue weighted by molar-refractivity contribution is 7.91. The lowest BCUT2D eigenvalue weighted by molar-refractivity contribution is -0.144. The lowest BCUT2D eigenvalue weighted by Gasteiger charge is -2.27. The van der Waals surface area contributed by atoms with E-state index in [1.807, 2.05) is 0 Å². The number of amides is 1. The van der Waals surface area contributed by atoms with Crippen molar-refractivity contribution in [2.75, 3.05) is 23.9 Å². The minimum Gasteiger partial charge on any atom is -0.356 e. The van der Waals surface area contributed by atoms with Gasteiger partial charge < -0.3 is 10.2 Å². The third kappa shape index (κ3) is 4.15. The first-order valence-corrected chi connectivity index (χ1v) is 9.64. The number of sulfone groups is 1. The van der Waals surface area contributed by atoms with Crippen LogP contribution < -0.4 is 5.32 Å². The molecular weight excluding hydrogens is 369 g/mol. The minimum absolute atomic E-state index is 0.125. The first-order valence-electron chi connectivity index (χ1n) is 7.05. The molecule has 1 saturated heterocycles. The number of carbonyl (C=O) groups excluding carboxylic acids is 1. The van der Waals surface area contributed by atoms with Crippen LogP contribution in [-0.4, -0.2) is 59.2 Å². The second-order valence-electron chi connectivity index (χ2n) is 5.90. The molecule has 24 heavy (non-hydrogen) atoms. The Morgan fingerprint density at radius 1 is 1.38 bits per heavy atom. The molecule has 0 radical (unpaired) electrons. The van der Waals surface area contributed by atoms with Gasteiger partial charge in [-0.1, -0.05) is 0 Å². The van der Waals surface area contributed by atoms with Gasteiger partial charge in [-0.15, -0.1) is 0 Å². The third-order valence-corrected chi connectivity index (χ3v) is 6.16.